The highest BCUT2D eigenvalue weighted by Crippen LogP contribution is 2.42. The van der Waals surface area contributed by atoms with Gasteiger partial charge in [0, 0.05) is 37.2 Å². The second-order valence-corrected chi connectivity index (χ2v) is 6.65. The zero-order valence-corrected chi connectivity index (χ0v) is 15.3. The number of nitrogens with one attached hydrogen (secondary N) is 2. The third kappa shape index (κ3) is 3.75. The molecule has 1 fully saturated rings. The van der Waals surface area contributed by atoms with Crippen molar-refractivity contribution in [3.63, 3.8) is 0 Å². The SMILES string of the molecule is CCCCCOc1c(OC)cc(C2NN=C3CCNCC32)cc1[N+](=O)[O-]. The molecule has 2 atom stereocenters. The molecule has 0 aromatic heterocycles. The Labute approximate surface area is 153 Å². The summed E-state index contributed by atoms with van der Waals surface area (Å²) in [5, 5.41) is 19.4. The van der Waals surface area contributed by atoms with E-state index in [1.54, 1.807) is 6.07 Å². The Morgan fingerprint density at radius 3 is 2.96 bits per heavy atom. The van der Waals surface area contributed by atoms with Crippen LogP contribution in [-0.2, 0) is 0 Å². The largest absolute Gasteiger partial charge is 0.493 e. The van der Waals surface area contributed by atoms with Crippen LogP contribution in [0.5, 0.6) is 11.5 Å². The zero-order chi connectivity index (χ0) is 18.5. The summed E-state index contributed by atoms with van der Waals surface area (Å²) in [6.07, 6.45) is 3.83. The Balaban J connectivity index is 1.88. The van der Waals surface area contributed by atoms with Gasteiger partial charge in [0.1, 0.15) is 0 Å². The van der Waals surface area contributed by atoms with E-state index in [9.17, 15) is 10.1 Å². The van der Waals surface area contributed by atoms with Crippen LogP contribution in [0.25, 0.3) is 0 Å². The molecule has 0 aliphatic carbocycles. The first-order chi connectivity index (χ1) is 12.7. The van der Waals surface area contributed by atoms with E-state index in [4.69, 9.17) is 9.47 Å². The van der Waals surface area contributed by atoms with E-state index in [2.05, 4.69) is 22.8 Å². The van der Waals surface area contributed by atoms with Crippen LogP contribution >= 0.6 is 0 Å². The van der Waals surface area contributed by atoms with E-state index in [1.807, 2.05) is 6.07 Å². The van der Waals surface area contributed by atoms with Crippen LogP contribution in [-0.4, -0.2) is 37.4 Å². The Bertz CT molecular complexity index is 692. The van der Waals surface area contributed by atoms with E-state index in [0.29, 0.717) is 12.4 Å². The summed E-state index contributed by atoms with van der Waals surface area (Å²) in [6, 6.07) is 3.31. The van der Waals surface area contributed by atoms with Gasteiger partial charge in [-0.3, -0.25) is 10.1 Å². The van der Waals surface area contributed by atoms with Gasteiger partial charge >= 0.3 is 5.69 Å². The molecule has 0 radical (unpaired) electrons. The average Bonchev–Trinajstić information content (AvgIpc) is 3.09. The topological polar surface area (TPSA) is 98.0 Å². The number of hydrazone groups is 1. The number of fused-ring (bicyclic) bond motifs is 1. The molecule has 1 aromatic rings. The summed E-state index contributed by atoms with van der Waals surface area (Å²) in [7, 11) is 1.51. The van der Waals surface area contributed by atoms with Crippen LogP contribution in [0.3, 0.4) is 0 Å². The minimum atomic E-state index is -0.406. The Morgan fingerprint density at radius 2 is 2.23 bits per heavy atom. The molecule has 1 aromatic carbocycles. The fourth-order valence-electron chi connectivity index (χ4n) is 3.52. The predicted octanol–water partition coefficient (Wildman–Crippen LogP) is 2.78. The molecule has 0 saturated carbocycles. The highest BCUT2D eigenvalue weighted by atomic mass is 16.6. The van der Waals surface area contributed by atoms with Crippen molar-refractivity contribution < 1.29 is 14.4 Å². The van der Waals surface area contributed by atoms with Crippen LogP contribution < -0.4 is 20.2 Å². The number of unbranched alkanes of at least 4 members (excludes halogenated alkanes) is 2. The molecule has 2 aliphatic heterocycles. The minimum absolute atomic E-state index is 0.0603. The number of ether oxygens (including phenoxy) is 2. The maximum atomic E-state index is 11.6. The Kier molecular flexibility index (Phi) is 5.92. The monoisotopic (exact) mass is 362 g/mol. The number of rotatable bonds is 8. The number of hydrogen-bond donors (Lipinski definition) is 2. The second kappa shape index (κ2) is 8.35. The van der Waals surface area contributed by atoms with E-state index >= 15 is 0 Å². The average molecular weight is 362 g/mol. The third-order valence-corrected chi connectivity index (χ3v) is 4.93. The lowest BCUT2D eigenvalue weighted by atomic mass is 9.87. The molecule has 2 N–H and O–H groups in total. The molecular weight excluding hydrogens is 336 g/mol. The first-order valence-electron chi connectivity index (χ1n) is 9.17. The summed E-state index contributed by atoms with van der Waals surface area (Å²) >= 11 is 0. The van der Waals surface area contributed by atoms with Crippen molar-refractivity contribution in [2.24, 2.45) is 11.0 Å². The fraction of sp³-hybridized carbons (Fsp3) is 0.611. The number of benzene rings is 1. The molecule has 1 saturated heterocycles. The molecule has 2 heterocycles. The van der Waals surface area contributed by atoms with Crippen LogP contribution in [0.2, 0.25) is 0 Å². The van der Waals surface area contributed by atoms with Gasteiger partial charge in [0.15, 0.2) is 5.75 Å². The van der Waals surface area contributed by atoms with Crippen molar-refractivity contribution in [1.82, 2.24) is 10.7 Å². The maximum Gasteiger partial charge on any atom is 0.315 e. The van der Waals surface area contributed by atoms with E-state index in [-0.39, 0.29) is 23.4 Å². The number of nitrogens with zero attached hydrogens (tertiary/aromatic N) is 2. The molecule has 0 bridgehead atoms. The quantitative estimate of drug-likeness (QED) is 0.419. The standard InChI is InChI=1S/C18H26N4O4/c1-3-4-5-8-26-18-15(22(23)24)9-12(10-16(18)25-2)17-13-11-19-7-6-14(13)20-21-17/h9-10,13,17,19,21H,3-8,11H2,1-2H3. The first kappa shape index (κ1) is 18.4. The lowest BCUT2D eigenvalue weighted by Gasteiger charge is -2.25. The van der Waals surface area contributed by atoms with E-state index in [1.165, 1.54) is 7.11 Å². The smallest absolute Gasteiger partial charge is 0.315 e. The van der Waals surface area contributed by atoms with Gasteiger partial charge in [-0.25, -0.2) is 0 Å². The predicted molar refractivity (Wildman–Crippen MR) is 99.0 cm³/mol. The number of nitro benzene ring substituents is 1. The van der Waals surface area contributed by atoms with Gasteiger partial charge in [0.05, 0.1) is 24.7 Å². The molecule has 26 heavy (non-hydrogen) atoms. The fourth-order valence-corrected chi connectivity index (χ4v) is 3.52. The molecule has 8 heteroatoms. The summed E-state index contributed by atoms with van der Waals surface area (Å²) < 4.78 is 11.1. The first-order valence-corrected chi connectivity index (χ1v) is 9.17. The van der Waals surface area contributed by atoms with Gasteiger partial charge < -0.3 is 20.2 Å². The number of methoxy groups -OCH3 is 1. The second-order valence-electron chi connectivity index (χ2n) is 6.65. The van der Waals surface area contributed by atoms with Crippen molar-refractivity contribution in [3.8, 4) is 11.5 Å². The normalized spacial score (nSPS) is 21.5. The van der Waals surface area contributed by atoms with E-state index < -0.39 is 4.92 Å². The van der Waals surface area contributed by atoms with Crippen molar-refractivity contribution in [2.75, 3.05) is 26.8 Å². The van der Waals surface area contributed by atoms with Crippen molar-refractivity contribution in [3.05, 3.63) is 27.8 Å². The number of hydrogen-bond acceptors (Lipinski definition) is 7. The van der Waals surface area contributed by atoms with Gasteiger partial charge in [0.2, 0.25) is 5.75 Å². The number of piperidine rings is 1. The van der Waals surface area contributed by atoms with Crippen LogP contribution in [0, 0.1) is 16.0 Å². The third-order valence-electron chi connectivity index (χ3n) is 4.93. The van der Waals surface area contributed by atoms with Crippen LogP contribution in [0.4, 0.5) is 5.69 Å². The van der Waals surface area contributed by atoms with Gasteiger partial charge in [-0.2, -0.15) is 5.10 Å². The summed E-state index contributed by atoms with van der Waals surface area (Å²) in [5.41, 5.74) is 4.99. The molecule has 3 rings (SSSR count). The Morgan fingerprint density at radius 1 is 1.38 bits per heavy atom. The van der Waals surface area contributed by atoms with Gasteiger partial charge in [-0.1, -0.05) is 19.8 Å². The molecular formula is C18H26N4O4. The molecule has 0 amide bonds. The van der Waals surface area contributed by atoms with Gasteiger partial charge in [-0.15, -0.1) is 0 Å². The molecule has 2 aliphatic rings. The minimum Gasteiger partial charge on any atom is -0.493 e. The number of nitro groups is 1. The molecule has 2 unspecified atom stereocenters. The van der Waals surface area contributed by atoms with E-state index in [0.717, 1.165) is 50.0 Å². The van der Waals surface area contributed by atoms with Crippen molar-refractivity contribution >= 4 is 11.4 Å². The summed E-state index contributed by atoms with van der Waals surface area (Å²) in [6.45, 7) is 4.26. The van der Waals surface area contributed by atoms with Gasteiger partial charge in [0.25, 0.3) is 0 Å². The maximum absolute atomic E-state index is 11.6. The van der Waals surface area contributed by atoms with Crippen LogP contribution in [0.15, 0.2) is 17.2 Å². The van der Waals surface area contributed by atoms with Crippen molar-refractivity contribution in [2.45, 2.75) is 38.6 Å². The summed E-state index contributed by atoms with van der Waals surface area (Å²) in [4.78, 5) is 11.2. The van der Waals surface area contributed by atoms with Gasteiger partial charge in [-0.05, 0) is 18.1 Å². The highest BCUT2D eigenvalue weighted by Gasteiger charge is 2.36. The lowest BCUT2D eigenvalue weighted by Crippen LogP contribution is -2.38. The van der Waals surface area contributed by atoms with Crippen molar-refractivity contribution in [1.29, 1.82) is 0 Å². The highest BCUT2D eigenvalue weighted by molar-refractivity contribution is 5.90. The lowest BCUT2D eigenvalue weighted by molar-refractivity contribution is -0.386. The molecule has 8 nitrogen and oxygen atoms in total. The summed E-state index contributed by atoms with van der Waals surface area (Å²) in [5.74, 6) is 0.798. The zero-order valence-electron chi connectivity index (χ0n) is 15.3. The Hall–Kier alpha value is -2.35. The van der Waals surface area contributed by atoms with Crippen LogP contribution in [0.1, 0.15) is 44.2 Å². The molecule has 142 valence electrons. The molecule has 0 spiro atoms.